The largest absolute Gasteiger partial charge is 0.435 e. The fourth-order valence-electron chi connectivity index (χ4n) is 2.65. The van der Waals surface area contributed by atoms with Crippen molar-refractivity contribution in [3.8, 4) is 6.07 Å². The molecule has 154 valence electrons. The van der Waals surface area contributed by atoms with E-state index in [0.29, 0.717) is 12.3 Å². The molecule has 0 bridgehead atoms. The number of alkyl halides is 3. The highest BCUT2D eigenvalue weighted by atomic mass is 35.5. The van der Waals surface area contributed by atoms with Crippen molar-refractivity contribution < 1.29 is 22.8 Å². The number of benzene rings is 1. The highest BCUT2D eigenvalue weighted by molar-refractivity contribution is 6.33. The number of rotatable bonds is 8. The monoisotopic (exact) mass is 426 g/mol. The van der Waals surface area contributed by atoms with Crippen molar-refractivity contribution in [2.24, 2.45) is 18.1 Å². The first-order valence-corrected chi connectivity index (χ1v) is 9.06. The Balaban J connectivity index is 2.28. The Labute approximate surface area is 170 Å². The quantitative estimate of drug-likeness (QED) is 0.350. The number of nitriles is 1. The van der Waals surface area contributed by atoms with Crippen LogP contribution in [0.2, 0.25) is 5.15 Å². The predicted molar refractivity (Wildman–Crippen MR) is 100 cm³/mol. The molecule has 0 saturated carbocycles. The molecular formula is C19H18ClF3N4O2. The van der Waals surface area contributed by atoms with E-state index in [2.05, 4.69) is 10.3 Å². The van der Waals surface area contributed by atoms with Crippen LogP contribution in [0.4, 0.5) is 13.2 Å². The zero-order chi connectivity index (χ0) is 21.6. The van der Waals surface area contributed by atoms with Crippen LogP contribution in [0.3, 0.4) is 0 Å². The summed E-state index contributed by atoms with van der Waals surface area (Å²) >= 11 is 5.87. The minimum absolute atomic E-state index is 0.0569. The third-order valence-corrected chi connectivity index (χ3v) is 4.48. The SMILES string of the molecule is CCON=C(CCC(C#N)C(=O)c1c(C(F)(F)F)nn(C)c1Cl)c1ccccc1. The molecule has 0 aliphatic rings. The molecule has 0 saturated heterocycles. The van der Waals surface area contributed by atoms with Crippen LogP contribution >= 0.6 is 11.6 Å². The van der Waals surface area contributed by atoms with Crippen LogP contribution in [0.25, 0.3) is 0 Å². The van der Waals surface area contributed by atoms with Gasteiger partial charge in [-0.2, -0.15) is 23.5 Å². The fourth-order valence-corrected chi connectivity index (χ4v) is 2.87. The smallest absolute Gasteiger partial charge is 0.396 e. The maximum Gasteiger partial charge on any atom is 0.435 e. The van der Waals surface area contributed by atoms with E-state index in [-0.39, 0.29) is 12.8 Å². The predicted octanol–water partition coefficient (Wildman–Crippen LogP) is 4.64. The molecule has 1 unspecified atom stereocenters. The molecule has 0 spiro atoms. The van der Waals surface area contributed by atoms with Crippen LogP contribution in [-0.2, 0) is 18.1 Å². The Kier molecular flexibility index (Phi) is 7.40. The third-order valence-electron chi connectivity index (χ3n) is 4.05. The van der Waals surface area contributed by atoms with Gasteiger partial charge in [-0.1, -0.05) is 47.1 Å². The summed E-state index contributed by atoms with van der Waals surface area (Å²) in [6.45, 7) is 2.06. The van der Waals surface area contributed by atoms with Crippen molar-refractivity contribution in [3.05, 3.63) is 52.3 Å². The first-order valence-electron chi connectivity index (χ1n) is 8.68. The summed E-state index contributed by atoms with van der Waals surface area (Å²) in [6.07, 6.45) is -4.78. The van der Waals surface area contributed by atoms with Crippen molar-refractivity contribution in [3.63, 3.8) is 0 Å². The molecule has 0 aliphatic carbocycles. The van der Waals surface area contributed by atoms with Crippen LogP contribution in [0.5, 0.6) is 0 Å². The van der Waals surface area contributed by atoms with E-state index in [0.717, 1.165) is 10.2 Å². The second-order valence-electron chi connectivity index (χ2n) is 6.04. The van der Waals surface area contributed by atoms with Crippen molar-refractivity contribution in [2.45, 2.75) is 25.9 Å². The molecular weight excluding hydrogens is 409 g/mol. The van der Waals surface area contributed by atoms with E-state index < -0.39 is 34.3 Å². The van der Waals surface area contributed by atoms with Gasteiger partial charge >= 0.3 is 6.18 Å². The maximum absolute atomic E-state index is 13.2. The van der Waals surface area contributed by atoms with Crippen LogP contribution < -0.4 is 0 Å². The summed E-state index contributed by atoms with van der Waals surface area (Å²) in [7, 11) is 1.19. The Hall–Kier alpha value is -2.86. The number of ketones is 1. The second-order valence-corrected chi connectivity index (χ2v) is 6.40. The average Bonchev–Trinajstić information content (AvgIpc) is 3.00. The zero-order valence-corrected chi connectivity index (χ0v) is 16.5. The minimum Gasteiger partial charge on any atom is -0.396 e. The van der Waals surface area contributed by atoms with Gasteiger partial charge in [0.25, 0.3) is 0 Å². The van der Waals surface area contributed by atoms with Crippen LogP contribution in [0, 0.1) is 17.2 Å². The molecule has 2 aromatic rings. The van der Waals surface area contributed by atoms with Gasteiger partial charge in [-0.25, -0.2) is 0 Å². The number of hydrogen-bond acceptors (Lipinski definition) is 5. The molecule has 0 radical (unpaired) electrons. The molecule has 0 N–H and O–H groups in total. The fraction of sp³-hybridized carbons (Fsp3) is 0.368. The lowest BCUT2D eigenvalue weighted by Crippen LogP contribution is -2.19. The van der Waals surface area contributed by atoms with Gasteiger partial charge in [0, 0.05) is 7.05 Å². The van der Waals surface area contributed by atoms with E-state index in [1.165, 1.54) is 7.05 Å². The van der Waals surface area contributed by atoms with Crippen molar-refractivity contribution in [1.82, 2.24) is 9.78 Å². The number of aryl methyl sites for hydroxylation is 1. The van der Waals surface area contributed by atoms with Gasteiger partial charge < -0.3 is 4.84 Å². The highest BCUT2D eigenvalue weighted by Gasteiger charge is 2.42. The summed E-state index contributed by atoms with van der Waals surface area (Å²) in [5.41, 5.74) is -0.993. The first kappa shape index (κ1) is 22.4. The lowest BCUT2D eigenvalue weighted by atomic mass is 9.92. The van der Waals surface area contributed by atoms with Crippen molar-refractivity contribution >= 4 is 23.1 Å². The average molecular weight is 427 g/mol. The Morgan fingerprint density at radius 2 is 2.03 bits per heavy atom. The lowest BCUT2D eigenvalue weighted by Gasteiger charge is -2.11. The second kappa shape index (κ2) is 9.56. The normalized spacial score (nSPS) is 13.1. The summed E-state index contributed by atoms with van der Waals surface area (Å²) in [6, 6.07) is 10.7. The molecule has 1 aromatic carbocycles. The van der Waals surface area contributed by atoms with Gasteiger partial charge in [0.1, 0.15) is 17.7 Å². The van der Waals surface area contributed by atoms with Gasteiger partial charge in [0.05, 0.1) is 17.3 Å². The third kappa shape index (κ3) is 5.35. The topological polar surface area (TPSA) is 80.3 Å². The van der Waals surface area contributed by atoms with Gasteiger partial charge in [0.15, 0.2) is 11.5 Å². The Morgan fingerprint density at radius 3 is 2.59 bits per heavy atom. The Bertz CT molecular complexity index is 933. The molecule has 0 amide bonds. The summed E-state index contributed by atoms with van der Waals surface area (Å²) in [5.74, 6) is -2.38. The number of Topliss-reactive ketones (excluding diaryl/α,β-unsaturated/α-hetero) is 1. The van der Waals surface area contributed by atoms with Crippen LogP contribution in [0.1, 0.15) is 41.4 Å². The molecule has 1 heterocycles. The van der Waals surface area contributed by atoms with Crippen molar-refractivity contribution in [2.75, 3.05) is 6.61 Å². The number of nitrogens with zero attached hydrogens (tertiary/aromatic N) is 4. The van der Waals surface area contributed by atoms with Gasteiger partial charge in [-0.05, 0) is 25.3 Å². The van der Waals surface area contributed by atoms with Gasteiger partial charge in [0.2, 0.25) is 0 Å². The highest BCUT2D eigenvalue weighted by Crippen LogP contribution is 2.35. The summed E-state index contributed by atoms with van der Waals surface area (Å²) < 4.78 is 40.5. The molecule has 1 atom stereocenters. The van der Waals surface area contributed by atoms with E-state index in [9.17, 15) is 23.2 Å². The van der Waals surface area contributed by atoms with E-state index >= 15 is 0 Å². The van der Waals surface area contributed by atoms with E-state index in [1.54, 1.807) is 37.3 Å². The standard InChI is InChI=1S/C19H18ClF3N4O2/c1-3-29-26-14(12-7-5-4-6-8-12)10-9-13(11-24)16(28)15-17(19(21,22)23)25-27(2)18(15)20/h4-8,13H,3,9-10H2,1-2H3. The number of carbonyl (C=O) groups excluding carboxylic acids is 1. The van der Waals surface area contributed by atoms with Gasteiger partial charge in [-0.3, -0.25) is 9.48 Å². The molecule has 10 heteroatoms. The number of oxime groups is 1. The number of hydrogen-bond donors (Lipinski definition) is 0. The summed E-state index contributed by atoms with van der Waals surface area (Å²) in [4.78, 5) is 17.8. The van der Waals surface area contributed by atoms with Crippen LogP contribution in [-0.4, -0.2) is 27.9 Å². The number of aromatic nitrogens is 2. The molecule has 2 rings (SSSR count). The maximum atomic E-state index is 13.2. The van der Waals surface area contributed by atoms with E-state index in [1.807, 2.05) is 6.07 Å². The lowest BCUT2D eigenvalue weighted by molar-refractivity contribution is -0.141. The number of carbonyl (C=O) groups is 1. The minimum atomic E-state index is -4.87. The molecule has 29 heavy (non-hydrogen) atoms. The molecule has 6 nitrogen and oxygen atoms in total. The van der Waals surface area contributed by atoms with E-state index in [4.69, 9.17) is 16.4 Å². The molecule has 0 fully saturated rings. The first-order chi connectivity index (χ1) is 13.7. The molecule has 1 aromatic heterocycles. The van der Waals surface area contributed by atoms with Crippen LogP contribution in [0.15, 0.2) is 35.5 Å². The molecule has 0 aliphatic heterocycles. The Morgan fingerprint density at radius 1 is 1.38 bits per heavy atom. The number of halogens is 4. The summed E-state index contributed by atoms with van der Waals surface area (Å²) in [5, 5.41) is 16.2. The van der Waals surface area contributed by atoms with Crippen molar-refractivity contribution in [1.29, 1.82) is 5.26 Å². The zero-order valence-electron chi connectivity index (χ0n) is 15.7. The van der Waals surface area contributed by atoms with Gasteiger partial charge in [-0.15, -0.1) is 0 Å².